The molecular formula is C21H23FN6O4. The predicted molar refractivity (Wildman–Crippen MR) is 109 cm³/mol. The molecule has 4 rings (SSSR count). The molecule has 1 aliphatic heterocycles. The van der Waals surface area contributed by atoms with E-state index in [0.717, 1.165) is 5.56 Å². The van der Waals surface area contributed by atoms with Crippen molar-refractivity contribution in [1.29, 1.82) is 0 Å². The minimum atomic E-state index is -0.451. The first-order valence-corrected chi connectivity index (χ1v) is 10.3. The highest BCUT2D eigenvalue weighted by Crippen LogP contribution is 2.28. The van der Waals surface area contributed by atoms with Gasteiger partial charge >= 0.3 is 5.97 Å². The van der Waals surface area contributed by atoms with Gasteiger partial charge in [-0.05, 0) is 47.2 Å². The Bertz CT molecular complexity index is 1040. The minimum absolute atomic E-state index is 0.134. The van der Waals surface area contributed by atoms with Crippen molar-refractivity contribution >= 4 is 11.9 Å². The Balaban J connectivity index is 1.57. The van der Waals surface area contributed by atoms with Crippen molar-refractivity contribution < 1.29 is 23.1 Å². The first-order chi connectivity index (χ1) is 15.6. The quantitative estimate of drug-likeness (QED) is 0.507. The maximum absolute atomic E-state index is 13.6. The van der Waals surface area contributed by atoms with Crippen LogP contribution in [0.15, 0.2) is 47.1 Å². The Hall–Kier alpha value is -3.60. The standard InChI is InChI=1S/C21H23FN6O4/c1-2-31-18(29)14-28-20(23-24-25-28)19(15-5-7-16(22)8-6-15)26-9-11-27(12-10-26)21(30)17-4-3-13-32-17/h3-8,13,19H,2,9-12,14H2,1H3. The minimum Gasteiger partial charge on any atom is -0.465 e. The molecule has 0 radical (unpaired) electrons. The van der Waals surface area contributed by atoms with Crippen LogP contribution in [0.2, 0.25) is 0 Å². The zero-order chi connectivity index (χ0) is 22.5. The molecule has 1 fully saturated rings. The molecule has 1 aromatic carbocycles. The molecule has 0 spiro atoms. The number of esters is 1. The van der Waals surface area contributed by atoms with Gasteiger partial charge in [-0.1, -0.05) is 12.1 Å². The van der Waals surface area contributed by atoms with Crippen molar-refractivity contribution in [2.24, 2.45) is 0 Å². The Morgan fingerprint density at radius 1 is 1.16 bits per heavy atom. The van der Waals surface area contributed by atoms with Crippen LogP contribution in [0.1, 0.15) is 34.9 Å². The molecule has 3 aromatic rings. The van der Waals surface area contributed by atoms with Gasteiger partial charge in [-0.2, -0.15) is 0 Å². The van der Waals surface area contributed by atoms with Crippen molar-refractivity contribution in [2.45, 2.75) is 19.5 Å². The molecular weight excluding hydrogens is 419 g/mol. The number of amides is 1. The molecule has 11 heteroatoms. The van der Waals surface area contributed by atoms with Crippen LogP contribution in [0.25, 0.3) is 0 Å². The molecule has 1 saturated heterocycles. The van der Waals surface area contributed by atoms with Gasteiger partial charge in [0.15, 0.2) is 11.6 Å². The Kier molecular flexibility index (Phi) is 6.55. The van der Waals surface area contributed by atoms with Crippen LogP contribution in [0.4, 0.5) is 4.39 Å². The highest BCUT2D eigenvalue weighted by Gasteiger charge is 2.33. The lowest BCUT2D eigenvalue weighted by molar-refractivity contribution is -0.144. The molecule has 1 atom stereocenters. The summed E-state index contributed by atoms with van der Waals surface area (Å²) in [4.78, 5) is 28.4. The van der Waals surface area contributed by atoms with Gasteiger partial charge in [-0.25, -0.2) is 9.07 Å². The van der Waals surface area contributed by atoms with Crippen LogP contribution < -0.4 is 0 Å². The molecule has 1 amide bonds. The van der Waals surface area contributed by atoms with E-state index in [2.05, 4.69) is 20.4 Å². The van der Waals surface area contributed by atoms with Crippen LogP contribution in [0, 0.1) is 5.82 Å². The van der Waals surface area contributed by atoms with Crippen molar-refractivity contribution in [3.05, 3.63) is 65.6 Å². The SMILES string of the molecule is CCOC(=O)Cn1nnnc1C(c1ccc(F)cc1)N1CCN(C(=O)c2ccco2)CC1. The molecule has 1 unspecified atom stereocenters. The van der Waals surface area contributed by atoms with Crippen LogP contribution in [0.5, 0.6) is 0 Å². The number of rotatable bonds is 7. The number of hydrogen-bond acceptors (Lipinski definition) is 8. The summed E-state index contributed by atoms with van der Waals surface area (Å²) in [5.74, 6) is -0.234. The van der Waals surface area contributed by atoms with Gasteiger partial charge in [0.1, 0.15) is 12.4 Å². The van der Waals surface area contributed by atoms with E-state index < -0.39 is 12.0 Å². The van der Waals surface area contributed by atoms with E-state index in [-0.39, 0.29) is 24.9 Å². The number of furan rings is 1. The fourth-order valence-corrected chi connectivity index (χ4v) is 3.76. The predicted octanol–water partition coefficient (Wildman–Crippen LogP) is 1.52. The van der Waals surface area contributed by atoms with Gasteiger partial charge in [-0.15, -0.1) is 5.10 Å². The molecule has 0 N–H and O–H groups in total. The summed E-state index contributed by atoms with van der Waals surface area (Å²) < 4.78 is 25.2. The smallest absolute Gasteiger partial charge is 0.327 e. The highest BCUT2D eigenvalue weighted by molar-refractivity contribution is 5.91. The molecule has 2 aromatic heterocycles. The summed E-state index contributed by atoms with van der Waals surface area (Å²) in [7, 11) is 0. The molecule has 32 heavy (non-hydrogen) atoms. The zero-order valence-electron chi connectivity index (χ0n) is 17.6. The lowest BCUT2D eigenvalue weighted by atomic mass is 10.0. The Morgan fingerprint density at radius 3 is 2.56 bits per heavy atom. The second-order valence-corrected chi connectivity index (χ2v) is 7.26. The van der Waals surface area contributed by atoms with E-state index in [1.807, 2.05) is 0 Å². The molecule has 0 bridgehead atoms. The van der Waals surface area contributed by atoms with Crippen LogP contribution in [0.3, 0.4) is 0 Å². The summed E-state index contributed by atoms with van der Waals surface area (Å²) in [5.41, 5.74) is 0.775. The van der Waals surface area contributed by atoms with Crippen molar-refractivity contribution in [1.82, 2.24) is 30.0 Å². The molecule has 0 aliphatic carbocycles. The molecule has 0 saturated carbocycles. The van der Waals surface area contributed by atoms with Gasteiger partial charge in [0.2, 0.25) is 0 Å². The second-order valence-electron chi connectivity index (χ2n) is 7.26. The van der Waals surface area contributed by atoms with Crippen molar-refractivity contribution in [3.8, 4) is 0 Å². The third kappa shape index (κ3) is 4.67. The van der Waals surface area contributed by atoms with E-state index in [4.69, 9.17) is 9.15 Å². The average molecular weight is 442 g/mol. The zero-order valence-corrected chi connectivity index (χ0v) is 17.6. The largest absolute Gasteiger partial charge is 0.465 e. The summed E-state index contributed by atoms with van der Waals surface area (Å²) in [6.07, 6.45) is 1.47. The van der Waals surface area contributed by atoms with Crippen LogP contribution in [-0.2, 0) is 16.1 Å². The summed E-state index contributed by atoms with van der Waals surface area (Å²) in [5, 5.41) is 11.9. The van der Waals surface area contributed by atoms with E-state index in [1.54, 1.807) is 36.1 Å². The maximum atomic E-state index is 13.6. The van der Waals surface area contributed by atoms with Gasteiger partial charge in [-0.3, -0.25) is 14.5 Å². The molecule has 1 aliphatic rings. The van der Waals surface area contributed by atoms with Crippen molar-refractivity contribution in [3.63, 3.8) is 0 Å². The summed E-state index contributed by atoms with van der Waals surface area (Å²) >= 11 is 0. The van der Waals surface area contributed by atoms with E-state index in [0.29, 0.717) is 37.8 Å². The number of hydrogen-bond donors (Lipinski definition) is 0. The van der Waals surface area contributed by atoms with Gasteiger partial charge in [0, 0.05) is 26.2 Å². The van der Waals surface area contributed by atoms with E-state index >= 15 is 0 Å². The lowest BCUT2D eigenvalue weighted by Gasteiger charge is -2.38. The number of benzene rings is 1. The van der Waals surface area contributed by atoms with E-state index in [1.165, 1.54) is 23.1 Å². The number of nitrogens with zero attached hydrogens (tertiary/aromatic N) is 6. The first-order valence-electron chi connectivity index (χ1n) is 10.3. The Labute approximate surface area is 183 Å². The van der Waals surface area contributed by atoms with Crippen LogP contribution in [-0.4, -0.2) is 74.7 Å². The number of carbonyl (C=O) groups is 2. The maximum Gasteiger partial charge on any atom is 0.327 e. The number of aromatic nitrogens is 4. The summed E-state index contributed by atoms with van der Waals surface area (Å²) in [6, 6.07) is 8.97. The molecule has 168 valence electrons. The number of carbonyl (C=O) groups excluding carboxylic acids is 2. The van der Waals surface area contributed by atoms with Crippen molar-refractivity contribution in [2.75, 3.05) is 32.8 Å². The normalized spacial score (nSPS) is 15.5. The van der Waals surface area contributed by atoms with Gasteiger partial charge in [0.05, 0.1) is 18.9 Å². The first kappa shape index (κ1) is 21.6. The fourth-order valence-electron chi connectivity index (χ4n) is 3.76. The molecule has 3 heterocycles. The second kappa shape index (κ2) is 9.69. The number of ether oxygens (including phenoxy) is 1. The number of halogens is 1. The monoisotopic (exact) mass is 442 g/mol. The third-order valence-corrected chi connectivity index (χ3v) is 5.27. The number of tetrazole rings is 1. The molecule has 10 nitrogen and oxygen atoms in total. The fraction of sp³-hybridized carbons (Fsp3) is 0.381. The van der Waals surface area contributed by atoms with E-state index in [9.17, 15) is 14.0 Å². The highest BCUT2D eigenvalue weighted by atomic mass is 19.1. The summed E-state index contributed by atoms with van der Waals surface area (Å²) in [6.45, 7) is 3.84. The Morgan fingerprint density at radius 2 is 1.91 bits per heavy atom. The number of piperazine rings is 1. The van der Waals surface area contributed by atoms with Gasteiger partial charge in [0.25, 0.3) is 5.91 Å². The average Bonchev–Trinajstić information content (AvgIpc) is 3.48. The third-order valence-electron chi connectivity index (χ3n) is 5.27. The van der Waals surface area contributed by atoms with Gasteiger partial charge < -0.3 is 14.1 Å². The van der Waals surface area contributed by atoms with Crippen LogP contribution >= 0.6 is 0 Å². The lowest BCUT2D eigenvalue weighted by Crippen LogP contribution is -2.50. The topological polar surface area (TPSA) is 107 Å².